The van der Waals surface area contributed by atoms with Crippen molar-refractivity contribution in [2.24, 2.45) is 23.7 Å². The number of hydrogen-bond acceptors (Lipinski definition) is 7. The van der Waals surface area contributed by atoms with Crippen LogP contribution in [0.4, 0.5) is 5.69 Å². The highest BCUT2D eigenvalue weighted by Gasteiger charge is 2.70. The van der Waals surface area contributed by atoms with E-state index in [1.165, 1.54) is 28.4 Å². The van der Waals surface area contributed by atoms with Crippen molar-refractivity contribution in [1.82, 2.24) is 9.91 Å². The first-order valence-corrected chi connectivity index (χ1v) is 17.3. The van der Waals surface area contributed by atoms with Crippen LogP contribution in [0.25, 0.3) is 0 Å². The molecule has 6 unspecified atom stereocenters. The third kappa shape index (κ3) is 4.48. The lowest BCUT2D eigenvalue weighted by molar-refractivity contribution is -0.141. The van der Waals surface area contributed by atoms with Crippen molar-refractivity contribution < 1.29 is 24.3 Å². The number of imide groups is 2. The summed E-state index contributed by atoms with van der Waals surface area (Å²) in [6.07, 6.45) is 2.54. The van der Waals surface area contributed by atoms with Crippen LogP contribution in [0.2, 0.25) is 5.02 Å². The normalized spacial score (nSPS) is 27.9. The van der Waals surface area contributed by atoms with Crippen molar-refractivity contribution in [3.8, 4) is 5.75 Å². The summed E-state index contributed by atoms with van der Waals surface area (Å²) in [4.78, 5) is 60.2. The number of thiophene rings is 1. The summed E-state index contributed by atoms with van der Waals surface area (Å²) in [5, 5.41) is 13.6. The van der Waals surface area contributed by atoms with Crippen molar-refractivity contribution in [3.63, 3.8) is 0 Å². The van der Waals surface area contributed by atoms with E-state index in [1.54, 1.807) is 6.07 Å². The maximum atomic E-state index is 15.1. The Morgan fingerprint density at radius 1 is 0.917 bits per heavy atom. The average molecular weight is 678 g/mol. The molecule has 8 nitrogen and oxygen atoms in total. The molecule has 3 heterocycles. The van der Waals surface area contributed by atoms with Crippen LogP contribution < -0.4 is 5.43 Å². The maximum Gasteiger partial charge on any atom is 0.260 e. The Morgan fingerprint density at radius 2 is 1.69 bits per heavy atom. The van der Waals surface area contributed by atoms with Gasteiger partial charge in [-0.2, -0.15) is 5.01 Å². The van der Waals surface area contributed by atoms with Crippen LogP contribution >= 0.6 is 22.9 Å². The molecule has 2 aliphatic heterocycles. The third-order valence-electron chi connectivity index (χ3n) is 10.7. The Labute approximate surface area is 286 Å². The number of nitrogens with one attached hydrogen (secondary N) is 1. The van der Waals surface area contributed by atoms with E-state index in [4.69, 9.17) is 11.6 Å². The van der Waals surface area contributed by atoms with Gasteiger partial charge in [0.1, 0.15) is 5.75 Å². The van der Waals surface area contributed by atoms with Crippen molar-refractivity contribution in [1.29, 1.82) is 0 Å². The van der Waals surface area contributed by atoms with Gasteiger partial charge in [-0.25, -0.2) is 0 Å². The van der Waals surface area contributed by atoms with E-state index in [0.29, 0.717) is 23.2 Å². The number of aromatic hydroxyl groups is 1. The molecule has 4 aromatic rings. The monoisotopic (exact) mass is 677 g/mol. The topological polar surface area (TPSA) is 107 Å². The van der Waals surface area contributed by atoms with Crippen LogP contribution in [0.5, 0.6) is 5.75 Å². The molecule has 1 aromatic heterocycles. The van der Waals surface area contributed by atoms with E-state index in [-0.39, 0.29) is 35.6 Å². The highest BCUT2D eigenvalue weighted by molar-refractivity contribution is 7.09. The zero-order chi connectivity index (χ0) is 33.3. The zero-order valence-electron chi connectivity index (χ0n) is 26.0. The molecule has 4 aliphatic rings. The van der Waals surface area contributed by atoms with E-state index in [9.17, 15) is 19.5 Å². The van der Waals surface area contributed by atoms with E-state index >= 15 is 4.79 Å². The molecule has 8 rings (SSSR count). The summed E-state index contributed by atoms with van der Waals surface area (Å²) in [5.74, 6) is -4.66. The van der Waals surface area contributed by atoms with Gasteiger partial charge >= 0.3 is 0 Å². The number of benzene rings is 3. The Bertz CT molecular complexity index is 2000. The zero-order valence-corrected chi connectivity index (χ0v) is 27.6. The molecular formula is C38H32ClN3O5S. The first-order valence-electron chi connectivity index (χ1n) is 16.0. The van der Waals surface area contributed by atoms with Crippen molar-refractivity contribution in [3.05, 3.63) is 129 Å². The van der Waals surface area contributed by atoms with Crippen molar-refractivity contribution in [2.45, 2.75) is 37.6 Å². The van der Waals surface area contributed by atoms with E-state index in [0.717, 1.165) is 21.0 Å². The molecule has 0 bridgehead atoms. The van der Waals surface area contributed by atoms with Gasteiger partial charge < -0.3 is 5.11 Å². The lowest BCUT2D eigenvalue weighted by Gasteiger charge is -2.50. The summed E-state index contributed by atoms with van der Waals surface area (Å²) in [7, 11) is 0. The van der Waals surface area contributed by atoms with Crippen LogP contribution in [0.3, 0.4) is 0 Å². The van der Waals surface area contributed by atoms with Gasteiger partial charge in [-0.05, 0) is 72.5 Å². The summed E-state index contributed by atoms with van der Waals surface area (Å²) >= 11 is 8.42. The van der Waals surface area contributed by atoms with Gasteiger partial charge in [0.2, 0.25) is 11.8 Å². The number of hydrogen-bond donors (Lipinski definition) is 2. The SMILES string of the molecule is Cc1ccc(NN2C(=O)C3CC4C(=CCC5C(=O)N(Cc6cccs6)C(=O)C54)C(c4ccc(O)cc4Cl)C3(c3ccccc3)C2=O)cc1. The average Bonchev–Trinajstić information content (AvgIpc) is 3.75. The smallest absolute Gasteiger partial charge is 0.260 e. The second-order valence-corrected chi connectivity index (χ2v) is 14.6. The molecule has 2 aliphatic carbocycles. The fraction of sp³-hybridized carbons (Fsp3) is 0.263. The van der Waals surface area contributed by atoms with Crippen LogP contribution in [0, 0.1) is 30.6 Å². The number of allylic oxidation sites excluding steroid dienone is 2. The van der Waals surface area contributed by atoms with Crippen molar-refractivity contribution in [2.75, 3.05) is 5.43 Å². The quantitative estimate of drug-likeness (QED) is 0.176. The number of hydrazine groups is 1. The molecular weight excluding hydrogens is 646 g/mol. The summed E-state index contributed by atoms with van der Waals surface area (Å²) in [6, 6.07) is 25.2. The molecule has 3 aromatic carbocycles. The number of anilines is 1. The number of amides is 4. The van der Waals surface area contributed by atoms with Crippen LogP contribution in [-0.2, 0) is 31.1 Å². The van der Waals surface area contributed by atoms with Gasteiger partial charge in [-0.3, -0.25) is 29.5 Å². The number of aryl methyl sites for hydroxylation is 1. The first kappa shape index (κ1) is 30.6. The number of phenolic OH excluding ortho intramolecular Hbond substituents is 1. The minimum Gasteiger partial charge on any atom is -0.508 e. The van der Waals surface area contributed by atoms with E-state index < -0.39 is 46.8 Å². The highest BCUT2D eigenvalue weighted by Crippen LogP contribution is 2.64. The molecule has 3 fully saturated rings. The van der Waals surface area contributed by atoms with Gasteiger partial charge in [-0.15, -0.1) is 11.3 Å². The number of phenols is 1. The summed E-state index contributed by atoms with van der Waals surface area (Å²) in [5.41, 5.74) is 5.35. The van der Waals surface area contributed by atoms with E-state index in [2.05, 4.69) is 5.43 Å². The molecule has 0 radical (unpaired) electrons. The maximum absolute atomic E-state index is 15.1. The predicted molar refractivity (Wildman–Crippen MR) is 182 cm³/mol. The molecule has 6 atom stereocenters. The molecule has 0 spiro atoms. The highest BCUT2D eigenvalue weighted by atomic mass is 35.5. The van der Waals surface area contributed by atoms with Crippen LogP contribution in [0.1, 0.15) is 40.3 Å². The second-order valence-electron chi connectivity index (χ2n) is 13.1. The predicted octanol–water partition coefficient (Wildman–Crippen LogP) is 6.60. The largest absolute Gasteiger partial charge is 0.508 e. The number of rotatable bonds is 6. The van der Waals surface area contributed by atoms with Gasteiger partial charge in [0, 0.05) is 15.8 Å². The van der Waals surface area contributed by atoms with Gasteiger partial charge in [0.25, 0.3) is 11.8 Å². The number of carbonyl (C=O) groups excluding carboxylic acids is 4. The Hall–Kier alpha value is -4.73. The number of carbonyl (C=O) groups is 4. The lowest BCUT2D eigenvalue weighted by atomic mass is 9.49. The van der Waals surface area contributed by atoms with Crippen LogP contribution in [0.15, 0.2) is 102 Å². The second kappa shape index (κ2) is 11.5. The molecule has 2 N–H and O–H groups in total. The first-order chi connectivity index (χ1) is 23.2. The number of fused-ring (bicyclic) bond motifs is 4. The minimum atomic E-state index is -1.42. The number of halogens is 1. The standard InChI is InChI=1S/C38H32ClN3O5S/c1-21-9-11-23(12-10-21)40-42-35(45)30-19-29-26(15-16-28-32(29)36(46)41(34(28)44)20-25-8-5-17-48-25)33(27-14-13-24(43)18-31(27)39)38(30,37(42)47)22-6-3-2-4-7-22/h2-15,17-18,28-30,32-33,40,43H,16,19-20H2,1H3. The molecule has 10 heteroatoms. The van der Waals surface area contributed by atoms with Gasteiger partial charge in [-0.1, -0.05) is 83.4 Å². The van der Waals surface area contributed by atoms with Crippen LogP contribution in [-0.4, -0.2) is 38.6 Å². The lowest BCUT2D eigenvalue weighted by Crippen LogP contribution is -2.53. The number of nitrogens with zero attached hydrogens (tertiary/aromatic N) is 2. The molecule has 1 saturated carbocycles. The fourth-order valence-electron chi connectivity index (χ4n) is 8.62. The molecule has 2 saturated heterocycles. The molecule has 4 amide bonds. The molecule has 242 valence electrons. The molecule has 48 heavy (non-hydrogen) atoms. The summed E-state index contributed by atoms with van der Waals surface area (Å²) in [6.45, 7) is 2.17. The number of likely N-dealkylation sites (tertiary alicyclic amines) is 1. The van der Waals surface area contributed by atoms with Gasteiger partial charge in [0.15, 0.2) is 0 Å². The fourth-order valence-corrected chi connectivity index (χ4v) is 9.60. The van der Waals surface area contributed by atoms with Crippen molar-refractivity contribution >= 4 is 52.3 Å². The Kier molecular flexibility index (Phi) is 7.30. The van der Waals surface area contributed by atoms with E-state index in [1.807, 2.05) is 85.1 Å². The Morgan fingerprint density at radius 3 is 2.40 bits per heavy atom. The minimum absolute atomic E-state index is 0.0311. The summed E-state index contributed by atoms with van der Waals surface area (Å²) < 4.78 is 0. The van der Waals surface area contributed by atoms with Gasteiger partial charge in [0.05, 0.1) is 35.4 Å². The Balaban J connectivity index is 1.31. The third-order valence-corrected chi connectivity index (χ3v) is 11.9.